The maximum Gasteiger partial charge on any atom is 0.190 e. The first kappa shape index (κ1) is 20.6. The van der Waals surface area contributed by atoms with Gasteiger partial charge in [0.2, 0.25) is 0 Å². The molecule has 1 aromatic rings. The Balaban J connectivity index is 1.72. The zero-order chi connectivity index (χ0) is 18.8. The van der Waals surface area contributed by atoms with Gasteiger partial charge in [0.1, 0.15) is 5.75 Å². The Morgan fingerprint density at radius 1 is 1.19 bits per heavy atom. The SMILES string of the molecule is CN=C(NCCC(C)c1ccc(OC)cc1)NCC1(CCOC)CCC1. The fourth-order valence-corrected chi connectivity index (χ4v) is 3.51. The number of benzene rings is 1. The van der Waals surface area contributed by atoms with E-state index in [2.05, 4.69) is 34.7 Å². The monoisotopic (exact) mass is 361 g/mol. The molecule has 0 radical (unpaired) electrons. The van der Waals surface area contributed by atoms with Gasteiger partial charge >= 0.3 is 0 Å². The summed E-state index contributed by atoms with van der Waals surface area (Å²) in [6.07, 6.45) is 6.09. The summed E-state index contributed by atoms with van der Waals surface area (Å²) in [5, 5.41) is 6.97. The lowest BCUT2D eigenvalue weighted by Gasteiger charge is -2.42. The second-order valence-electron chi connectivity index (χ2n) is 7.41. The molecule has 1 fully saturated rings. The number of ether oxygens (including phenoxy) is 2. The van der Waals surface area contributed by atoms with Crippen LogP contribution >= 0.6 is 0 Å². The Labute approximate surface area is 158 Å². The smallest absolute Gasteiger partial charge is 0.190 e. The van der Waals surface area contributed by atoms with E-state index < -0.39 is 0 Å². The van der Waals surface area contributed by atoms with E-state index >= 15 is 0 Å². The van der Waals surface area contributed by atoms with E-state index in [0.29, 0.717) is 11.3 Å². The van der Waals surface area contributed by atoms with Crippen molar-refractivity contribution in [2.45, 2.75) is 44.9 Å². The van der Waals surface area contributed by atoms with Crippen LogP contribution in [0.15, 0.2) is 29.3 Å². The number of nitrogens with one attached hydrogen (secondary N) is 2. The number of nitrogens with zero attached hydrogens (tertiary/aromatic N) is 1. The van der Waals surface area contributed by atoms with Gasteiger partial charge in [0.25, 0.3) is 0 Å². The minimum absolute atomic E-state index is 0.393. The van der Waals surface area contributed by atoms with Crippen molar-refractivity contribution in [2.24, 2.45) is 10.4 Å². The van der Waals surface area contributed by atoms with E-state index in [4.69, 9.17) is 9.47 Å². The van der Waals surface area contributed by atoms with E-state index in [9.17, 15) is 0 Å². The highest BCUT2D eigenvalue weighted by molar-refractivity contribution is 5.79. The van der Waals surface area contributed by atoms with E-state index in [1.54, 1.807) is 14.2 Å². The topological polar surface area (TPSA) is 54.9 Å². The number of hydrogen-bond acceptors (Lipinski definition) is 3. The van der Waals surface area contributed by atoms with Crippen molar-refractivity contribution in [2.75, 3.05) is 41.0 Å². The van der Waals surface area contributed by atoms with Crippen LogP contribution in [0.4, 0.5) is 0 Å². The lowest BCUT2D eigenvalue weighted by atomic mass is 9.67. The van der Waals surface area contributed by atoms with Crippen LogP contribution in [0.3, 0.4) is 0 Å². The average Bonchev–Trinajstić information content (AvgIpc) is 2.65. The summed E-state index contributed by atoms with van der Waals surface area (Å²) in [5.41, 5.74) is 1.73. The lowest BCUT2D eigenvalue weighted by molar-refractivity contribution is 0.0732. The molecule has 1 unspecified atom stereocenters. The number of rotatable bonds is 10. The van der Waals surface area contributed by atoms with Gasteiger partial charge < -0.3 is 20.1 Å². The van der Waals surface area contributed by atoms with E-state index in [1.807, 2.05) is 19.2 Å². The summed E-state index contributed by atoms with van der Waals surface area (Å²) in [5.74, 6) is 2.30. The Hall–Kier alpha value is -1.75. The molecule has 1 atom stereocenters. The molecule has 1 aliphatic carbocycles. The molecular formula is C21H35N3O2. The summed E-state index contributed by atoms with van der Waals surface area (Å²) in [4.78, 5) is 4.37. The van der Waals surface area contributed by atoms with Crippen molar-refractivity contribution < 1.29 is 9.47 Å². The number of guanidine groups is 1. The number of methoxy groups -OCH3 is 2. The van der Waals surface area contributed by atoms with Gasteiger partial charge in [-0.15, -0.1) is 0 Å². The third-order valence-corrected chi connectivity index (χ3v) is 5.66. The predicted octanol–water partition coefficient (Wildman–Crippen LogP) is 3.56. The zero-order valence-corrected chi connectivity index (χ0v) is 16.8. The van der Waals surface area contributed by atoms with Gasteiger partial charge in [0.15, 0.2) is 5.96 Å². The normalized spacial score (nSPS) is 17.3. The van der Waals surface area contributed by atoms with Crippen molar-refractivity contribution in [3.8, 4) is 5.75 Å². The van der Waals surface area contributed by atoms with Crippen molar-refractivity contribution >= 4 is 5.96 Å². The molecule has 0 spiro atoms. The Morgan fingerprint density at radius 3 is 2.46 bits per heavy atom. The van der Waals surface area contributed by atoms with Gasteiger partial charge in [0.05, 0.1) is 7.11 Å². The van der Waals surface area contributed by atoms with Crippen LogP contribution in [-0.4, -0.2) is 46.9 Å². The van der Waals surface area contributed by atoms with Crippen molar-refractivity contribution in [3.05, 3.63) is 29.8 Å². The predicted molar refractivity (Wildman–Crippen MR) is 108 cm³/mol. The molecule has 5 heteroatoms. The summed E-state index contributed by atoms with van der Waals surface area (Å²) in [7, 11) is 5.32. The molecule has 26 heavy (non-hydrogen) atoms. The van der Waals surface area contributed by atoms with Gasteiger partial charge in [-0.05, 0) is 54.7 Å². The maximum absolute atomic E-state index is 5.27. The van der Waals surface area contributed by atoms with Gasteiger partial charge in [-0.1, -0.05) is 25.5 Å². The summed E-state index contributed by atoms with van der Waals surface area (Å²) in [6.45, 7) is 4.98. The van der Waals surface area contributed by atoms with Crippen LogP contribution in [0.2, 0.25) is 0 Å². The minimum Gasteiger partial charge on any atom is -0.497 e. The third kappa shape index (κ3) is 5.90. The van der Waals surface area contributed by atoms with Crippen molar-refractivity contribution in [1.29, 1.82) is 0 Å². The van der Waals surface area contributed by atoms with Gasteiger partial charge in [-0.25, -0.2) is 0 Å². The Morgan fingerprint density at radius 2 is 1.92 bits per heavy atom. The highest BCUT2D eigenvalue weighted by Crippen LogP contribution is 2.43. The van der Waals surface area contributed by atoms with Crippen molar-refractivity contribution in [1.82, 2.24) is 10.6 Å². The second-order valence-corrected chi connectivity index (χ2v) is 7.41. The molecular weight excluding hydrogens is 326 g/mol. The second kappa shape index (κ2) is 10.4. The Kier molecular flexibility index (Phi) is 8.23. The molecule has 0 saturated heterocycles. The fraction of sp³-hybridized carbons (Fsp3) is 0.667. The summed E-state index contributed by atoms with van der Waals surface area (Å²) < 4.78 is 10.5. The summed E-state index contributed by atoms with van der Waals surface area (Å²) in [6, 6.07) is 8.34. The molecule has 5 nitrogen and oxygen atoms in total. The quantitative estimate of drug-likeness (QED) is 0.494. The van der Waals surface area contributed by atoms with Gasteiger partial charge in [0, 0.05) is 33.9 Å². The molecule has 146 valence electrons. The fourth-order valence-electron chi connectivity index (χ4n) is 3.51. The zero-order valence-electron chi connectivity index (χ0n) is 16.8. The maximum atomic E-state index is 5.27. The van der Waals surface area contributed by atoms with Crippen LogP contribution in [-0.2, 0) is 4.74 Å². The molecule has 1 aliphatic rings. The first-order valence-electron chi connectivity index (χ1n) is 9.70. The van der Waals surface area contributed by atoms with E-state index in [-0.39, 0.29) is 0 Å². The summed E-state index contributed by atoms with van der Waals surface area (Å²) >= 11 is 0. The molecule has 0 aliphatic heterocycles. The third-order valence-electron chi connectivity index (χ3n) is 5.66. The standard InChI is InChI=1S/C21H35N3O2/c1-17(18-6-8-19(26-4)9-7-18)10-14-23-20(22-2)24-16-21(11-5-12-21)13-15-25-3/h6-9,17H,5,10-16H2,1-4H3,(H2,22,23,24). The highest BCUT2D eigenvalue weighted by atomic mass is 16.5. The van der Waals surface area contributed by atoms with Crippen LogP contribution in [0.1, 0.15) is 50.5 Å². The van der Waals surface area contributed by atoms with Crippen LogP contribution < -0.4 is 15.4 Å². The Bertz CT molecular complexity index is 553. The van der Waals surface area contributed by atoms with Gasteiger partial charge in [-0.3, -0.25) is 4.99 Å². The van der Waals surface area contributed by atoms with Crippen LogP contribution in [0.25, 0.3) is 0 Å². The number of hydrogen-bond donors (Lipinski definition) is 2. The van der Waals surface area contributed by atoms with E-state index in [1.165, 1.54) is 24.8 Å². The number of aliphatic imine (C=N–C) groups is 1. The molecule has 0 heterocycles. The van der Waals surface area contributed by atoms with Crippen LogP contribution in [0, 0.1) is 5.41 Å². The first-order chi connectivity index (χ1) is 12.6. The van der Waals surface area contributed by atoms with Crippen molar-refractivity contribution in [3.63, 3.8) is 0 Å². The molecule has 0 aromatic heterocycles. The molecule has 2 rings (SSSR count). The minimum atomic E-state index is 0.393. The lowest BCUT2D eigenvalue weighted by Crippen LogP contribution is -2.47. The van der Waals surface area contributed by atoms with E-state index in [0.717, 1.165) is 44.2 Å². The largest absolute Gasteiger partial charge is 0.497 e. The molecule has 0 amide bonds. The molecule has 0 bridgehead atoms. The van der Waals surface area contributed by atoms with Gasteiger partial charge in [-0.2, -0.15) is 0 Å². The highest BCUT2D eigenvalue weighted by Gasteiger charge is 2.36. The molecule has 1 saturated carbocycles. The average molecular weight is 362 g/mol. The first-order valence-corrected chi connectivity index (χ1v) is 9.70. The van der Waals surface area contributed by atoms with Crippen LogP contribution in [0.5, 0.6) is 5.75 Å². The molecule has 2 N–H and O–H groups in total. The molecule has 1 aromatic carbocycles.